The highest BCUT2D eigenvalue weighted by atomic mass is 32.2. The molecule has 0 heterocycles. The van der Waals surface area contributed by atoms with E-state index in [-0.39, 0.29) is 0 Å². The quantitative estimate of drug-likeness (QED) is 0.651. The van der Waals surface area contributed by atoms with Crippen LogP contribution in [0, 0.1) is 0 Å². The molecule has 0 amide bonds. The van der Waals surface area contributed by atoms with Crippen LogP contribution >= 0.6 is 0 Å². The second-order valence-electron chi connectivity index (χ2n) is 3.10. The van der Waals surface area contributed by atoms with Crippen LogP contribution in [0.25, 0.3) is 0 Å². The Hall–Kier alpha value is -0.350. The molecule has 0 aliphatic rings. The van der Waals surface area contributed by atoms with Crippen molar-refractivity contribution in [1.29, 1.82) is 0 Å². The Labute approximate surface area is 68.5 Å². The standard InChI is InChI=1S/C7H15NO2S/c1-5-6-7(2,3)8-11(4,9)10/h5-6,8H,1-4H3/b6-5-. The van der Waals surface area contributed by atoms with Crippen molar-refractivity contribution >= 4 is 10.0 Å². The fourth-order valence-corrected chi connectivity index (χ4v) is 1.95. The van der Waals surface area contributed by atoms with Gasteiger partial charge in [-0.1, -0.05) is 12.2 Å². The molecule has 11 heavy (non-hydrogen) atoms. The highest BCUT2D eigenvalue weighted by molar-refractivity contribution is 7.88. The van der Waals surface area contributed by atoms with Gasteiger partial charge in [0, 0.05) is 5.54 Å². The Morgan fingerprint density at radius 1 is 1.36 bits per heavy atom. The van der Waals surface area contributed by atoms with Crippen LogP contribution in [0.1, 0.15) is 20.8 Å². The summed E-state index contributed by atoms with van der Waals surface area (Å²) < 4.78 is 24.0. The van der Waals surface area contributed by atoms with E-state index in [2.05, 4.69) is 4.72 Å². The van der Waals surface area contributed by atoms with Crippen LogP contribution < -0.4 is 4.72 Å². The summed E-state index contributed by atoms with van der Waals surface area (Å²) in [5.74, 6) is 0. The third kappa shape index (κ3) is 6.06. The van der Waals surface area contributed by atoms with Gasteiger partial charge in [-0.2, -0.15) is 0 Å². The molecule has 0 unspecified atom stereocenters. The summed E-state index contributed by atoms with van der Waals surface area (Å²) in [6, 6.07) is 0. The maximum absolute atomic E-state index is 10.8. The zero-order valence-electron chi connectivity index (χ0n) is 7.38. The van der Waals surface area contributed by atoms with Gasteiger partial charge in [-0.15, -0.1) is 0 Å². The van der Waals surface area contributed by atoms with E-state index in [1.807, 2.05) is 13.0 Å². The molecule has 0 fully saturated rings. The molecule has 0 aromatic heterocycles. The monoisotopic (exact) mass is 177 g/mol. The van der Waals surface area contributed by atoms with Crippen LogP contribution in [0.4, 0.5) is 0 Å². The number of sulfonamides is 1. The van der Waals surface area contributed by atoms with Crippen molar-refractivity contribution in [3.63, 3.8) is 0 Å². The fraction of sp³-hybridized carbons (Fsp3) is 0.714. The maximum atomic E-state index is 10.8. The number of rotatable bonds is 3. The number of hydrogen-bond donors (Lipinski definition) is 1. The van der Waals surface area contributed by atoms with Crippen LogP contribution in [0.2, 0.25) is 0 Å². The summed E-state index contributed by atoms with van der Waals surface area (Å²) in [7, 11) is -3.11. The summed E-state index contributed by atoms with van der Waals surface area (Å²) >= 11 is 0. The highest BCUT2D eigenvalue weighted by Gasteiger charge is 2.17. The molecule has 0 aromatic rings. The van der Waals surface area contributed by atoms with Gasteiger partial charge in [0.05, 0.1) is 6.26 Å². The Kier molecular flexibility index (Phi) is 3.26. The van der Waals surface area contributed by atoms with Gasteiger partial charge in [-0.3, -0.25) is 0 Å². The minimum Gasteiger partial charge on any atom is -0.213 e. The molecule has 0 rings (SSSR count). The Morgan fingerprint density at radius 3 is 2.09 bits per heavy atom. The Bertz CT molecular complexity index is 239. The number of nitrogens with one attached hydrogen (secondary N) is 1. The molecule has 4 heteroatoms. The largest absolute Gasteiger partial charge is 0.213 e. The van der Waals surface area contributed by atoms with Gasteiger partial charge in [-0.05, 0) is 20.8 Å². The van der Waals surface area contributed by atoms with E-state index in [0.29, 0.717) is 0 Å². The summed E-state index contributed by atoms with van der Waals surface area (Å²) in [5, 5.41) is 0. The van der Waals surface area contributed by atoms with Crippen molar-refractivity contribution in [2.45, 2.75) is 26.3 Å². The molecule has 0 aliphatic heterocycles. The second-order valence-corrected chi connectivity index (χ2v) is 4.84. The summed E-state index contributed by atoms with van der Waals surface area (Å²) in [4.78, 5) is 0. The van der Waals surface area contributed by atoms with Crippen LogP contribution in [-0.2, 0) is 10.0 Å². The molecule has 3 nitrogen and oxygen atoms in total. The van der Waals surface area contributed by atoms with E-state index in [1.54, 1.807) is 19.9 Å². The molecule has 0 bridgehead atoms. The van der Waals surface area contributed by atoms with Crippen LogP contribution in [-0.4, -0.2) is 20.2 Å². The zero-order valence-corrected chi connectivity index (χ0v) is 8.20. The summed E-state index contributed by atoms with van der Waals surface area (Å²) in [5.41, 5.74) is -0.484. The van der Waals surface area contributed by atoms with Gasteiger partial charge in [0.2, 0.25) is 10.0 Å². The van der Waals surface area contributed by atoms with Crippen molar-refractivity contribution in [2.75, 3.05) is 6.26 Å². The lowest BCUT2D eigenvalue weighted by Gasteiger charge is -2.20. The summed E-state index contributed by atoms with van der Waals surface area (Å²) in [6.45, 7) is 5.45. The zero-order chi connectivity index (χ0) is 9.12. The molecule has 0 saturated carbocycles. The third-order valence-electron chi connectivity index (χ3n) is 1.03. The van der Waals surface area contributed by atoms with Crippen molar-refractivity contribution in [3.05, 3.63) is 12.2 Å². The number of hydrogen-bond acceptors (Lipinski definition) is 2. The second kappa shape index (κ2) is 3.36. The minimum atomic E-state index is -3.11. The van der Waals surface area contributed by atoms with E-state index >= 15 is 0 Å². The van der Waals surface area contributed by atoms with Crippen molar-refractivity contribution in [1.82, 2.24) is 4.72 Å². The maximum Gasteiger partial charge on any atom is 0.209 e. The number of allylic oxidation sites excluding steroid dienone is 1. The first kappa shape index (κ1) is 10.7. The molecule has 66 valence electrons. The molecule has 0 aromatic carbocycles. The third-order valence-corrected chi connectivity index (χ3v) is 1.93. The lowest BCUT2D eigenvalue weighted by atomic mass is 10.1. The van der Waals surface area contributed by atoms with E-state index in [0.717, 1.165) is 6.26 Å². The lowest BCUT2D eigenvalue weighted by Crippen LogP contribution is -2.40. The minimum absolute atomic E-state index is 0.484. The molecule has 0 saturated heterocycles. The topological polar surface area (TPSA) is 46.2 Å². The van der Waals surface area contributed by atoms with E-state index in [4.69, 9.17) is 0 Å². The van der Waals surface area contributed by atoms with Crippen LogP contribution in [0.5, 0.6) is 0 Å². The SMILES string of the molecule is C/C=C\C(C)(C)NS(C)(=O)=O. The van der Waals surface area contributed by atoms with Gasteiger partial charge < -0.3 is 0 Å². The predicted octanol–water partition coefficient (Wildman–Crippen LogP) is 0.890. The van der Waals surface area contributed by atoms with Gasteiger partial charge in [-0.25, -0.2) is 13.1 Å². The first-order chi connectivity index (χ1) is 4.77. The van der Waals surface area contributed by atoms with Crippen LogP contribution in [0.15, 0.2) is 12.2 Å². The van der Waals surface area contributed by atoms with Crippen molar-refractivity contribution in [2.24, 2.45) is 0 Å². The van der Waals surface area contributed by atoms with E-state index < -0.39 is 15.6 Å². The van der Waals surface area contributed by atoms with Gasteiger partial charge in [0.25, 0.3) is 0 Å². The Morgan fingerprint density at radius 2 is 1.82 bits per heavy atom. The van der Waals surface area contributed by atoms with Crippen molar-refractivity contribution < 1.29 is 8.42 Å². The normalized spacial score (nSPS) is 14.2. The lowest BCUT2D eigenvalue weighted by molar-refractivity contribution is 0.534. The van der Waals surface area contributed by atoms with Crippen molar-refractivity contribution in [3.8, 4) is 0 Å². The molecule has 0 atom stereocenters. The highest BCUT2D eigenvalue weighted by Crippen LogP contribution is 2.04. The average Bonchev–Trinajstić information content (AvgIpc) is 1.55. The van der Waals surface area contributed by atoms with Gasteiger partial charge in [0.1, 0.15) is 0 Å². The summed E-state index contributed by atoms with van der Waals surface area (Å²) in [6.07, 6.45) is 4.77. The predicted molar refractivity (Wildman–Crippen MR) is 46.9 cm³/mol. The Balaban J connectivity index is 4.37. The molecule has 1 N–H and O–H groups in total. The molecule has 0 aliphatic carbocycles. The molecule has 0 spiro atoms. The van der Waals surface area contributed by atoms with Gasteiger partial charge >= 0.3 is 0 Å². The fourth-order valence-electron chi connectivity index (χ4n) is 0.929. The van der Waals surface area contributed by atoms with E-state index in [1.165, 1.54) is 0 Å². The smallest absolute Gasteiger partial charge is 0.209 e. The van der Waals surface area contributed by atoms with Crippen LogP contribution in [0.3, 0.4) is 0 Å². The molecular weight excluding hydrogens is 162 g/mol. The first-order valence-electron chi connectivity index (χ1n) is 3.40. The first-order valence-corrected chi connectivity index (χ1v) is 5.29. The molecular formula is C7H15NO2S. The molecule has 0 radical (unpaired) electrons. The van der Waals surface area contributed by atoms with Gasteiger partial charge in [0.15, 0.2) is 0 Å². The average molecular weight is 177 g/mol. The van der Waals surface area contributed by atoms with E-state index in [9.17, 15) is 8.42 Å².